The van der Waals surface area contributed by atoms with Crippen molar-refractivity contribution in [2.75, 3.05) is 19.6 Å². The number of aromatic nitrogens is 1. The Morgan fingerprint density at radius 2 is 1.88 bits per heavy atom. The number of piperidine rings is 1. The van der Waals surface area contributed by atoms with Gasteiger partial charge >= 0.3 is 0 Å². The maximum absolute atomic E-state index is 12.5. The molecule has 24 heavy (non-hydrogen) atoms. The highest BCUT2D eigenvalue weighted by molar-refractivity contribution is 5.92. The fourth-order valence-electron chi connectivity index (χ4n) is 4.47. The number of hydrogen-bond acceptors (Lipinski definition) is 4. The first kappa shape index (κ1) is 16.1. The van der Waals surface area contributed by atoms with Crippen LogP contribution in [-0.4, -0.2) is 41.1 Å². The lowest BCUT2D eigenvalue weighted by Crippen LogP contribution is -2.58. The molecule has 2 saturated carbocycles. The second-order valence-corrected chi connectivity index (χ2v) is 7.90. The van der Waals surface area contributed by atoms with Gasteiger partial charge in [-0.3, -0.25) is 9.69 Å². The Labute approximate surface area is 144 Å². The number of carbonyl (C=O) groups is 1. The van der Waals surface area contributed by atoms with Gasteiger partial charge in [-0.2, -0.15) is 0 Å². The third kappa shape index (κ3) is 3.37. The highest BCUT2D eigenvalue weighted by Gasteiger charge is 2.39. The largest absolute Gasteiger partial charge is 0.360 e. The van der Waals surface area contributed by atoms with Crippen LogP contribution in [0.15, 0.2) is 10.6 Å². The van der Waals surface area contributed by atoms with Gasteiger partial charge in [0.25, 0.3) is 5.91 Å². The fourth-order valence-corrected chi connectivity index (χ4v) is 4.47. The molecule has 1 aromatic rings. The van der Waals surface area contributed by atoms with Gasteiger partial charge in [0.1, 0.15) is 5.76 Å². The average molecular weight is 331 g/mol. The minimum atomic E-state index is -0.0763. The van der Waals surface area contributed by atoms with Crippen molar-refractivity contribution in [1.82, 2.24) is 15.4 Å². The molecule has 3 fully saturated rings. The molecule has 5 nitrogen and oxygen atoms in total. The molecule has 1 N–H and O–H groups in total. The Morgan fingerprint density at radius 3 is 2.58 bits per heavy atom. The van der Waals surface area contributed by atoms with E-state index in [4.69, 9.17) is 4.52 Å². The van der Waals surface area contributed by atoms with E-state index in [2.05, 4.69) is 15.4 Å². The summed E-state index contributed by atoms with van der Waals surface area (Å²) < 4.78 is 5.32. The van der Waals surface area contributed by atoms with Crippen molar-refractivity contribution < 1.29 is 9.32 Å². The smallest absolute Gasteiger partial charge is 0.273 e. The third-order valence-electron chi connectivity index (χ3n) is 6.13. The van der Waals surface area contributed by atoms with Crippen LogP contribution in [0.5, 0.6) is 0 Å². The fraction of sp³-hybridized carbons (Fsp3) is 0.789. The van der Waals surface area contributed by atoms with Gasteiger partial charge in [-0.15, -0.1) is 0 Å². The number of carbonyl (C=O) groups excluding carboxylic acids is 1. The first-order valence-electron chi connectivity index (χ1n) is 9.77. The Balaban J connectivity index is 1.40. The van der Waals surface area contributed by atoms with Crippen molar-refractivity contribution in [1.29, 1.82) is 0 Å². The van der Waals surface area contributed by atoms with Crippen molar-refractivity contribution in [2.24, 2.45) is 0 Å². The Morgan fingerprint density at radius 1 is 1.17 bits per heavy atom. The average Bonchev–Trinajstić information content (AvgIpc) is 3.38. The monoisotopic (exact) mass is 331 g/mol. The molecule has 1 aliphatic heterocycles. The zero-order chi connectivity index (χ0) is 16.4. The van der Waals surface area contributed by atoms with Crippen LogP contribution in [0.2, 0.25) is 0 Å². The van der Waals surface area contributed by atoms with Crippen LogP contribution in [-0.2, 0) is 0 Å². The molecule has 0 spiro atoms. The molecule has 0 unspecified atom stereocenters. The van der Waals surface area contributed by atoms with Crippen molar-refractivity contribution in [2.45, 2.75) is 75.7 Å². The van der Waals surface area contributed by atoms with Gasteiger partial charge in [-0.1, -0.05) is 30.8 Å². The van der Waals surface area contributed by atoms with Gasteiger partial charge in [0.2, 0.25) is 0 Å². The summed E-state index contributed by atoms with van der Waals surface area (Å²) in [5.41, 5.74) is 0.610. The van der Waals surface area contributed by atoms with Crippen LogP contribution in [0.25, 0.3) is 0 Å². The lowest BCUT2D eigenvalue weighted by molar-refractivity contribution is 0.0325. The van der Waals surface area contributed by atoms with Gasteiger partial charge in [0.15, 0.2) is 5.69 Å². The molecule has 0 radical (unpaired) electrons. The summed E-state index contributed by atoms with van der Waals surface area (Å²) in [6.07, 6.45) is 12.6. The maximum Gasteiger partial charge on any atom is 0.273 e. The predicted molar refractivity (Wildman–Crippen MR) is 92.1 cm³/mol. The molecule has 0 bridgehead atoms. The second-order valence-electron chi connectivity index (χ2n) is 7.90. The molecule has 132 valence electrons. The Hall–Kier alpha value is -1.36. The van der Waals surface area contributed by atoms with Gasteiger partial charge in [-0.05, 0) is 51.6 Å². The first-order chi connectivity index (χ1) is 11.8. The SMILES string of the molecule is O=C(NCC1(N2CCCCC2)CCCCC1)c1cc(C2CC2)on1. The van der Waals surface area contributed by atoms with Crippen LogP contribution < -0.4 is 5.32 Å². The molecule has 1 amide bonds. The normalized spacial score (nSPS) is 24.7. The van der Waals surface area contributed by atoms with Crippen molar-refractivity contribution in [3.05, 3.63) is 17.5 Å². The molecule has 0 atom stereocenters. The lowest BCUT2D eigenvalue weighted by atomic mass is 9.79. The number of rotatable bonds is 5. The van der Waals surface area contributed by atoms with E-state index < -0.39 is 0 Å². The molecule has 2 aliphatic carbocycles. The van der Waals surface area contributed by atoms with Crippen molar-refractivity contribution >= 4 is 5.91 Å². The van der Waals surface area contributed by atoms with E-state index >= 15 is 0 Å². The minimum absolute atomic E-state index is 0.0763. The van der Waals surface area contributed by atoms with E-state index in [1.165, 1.54) is 64.5 Å². The molecule has 3 aliphatic rings. The van der Waals surface area contributed by atoms with Gasteiger partial charge in [-0.25, -0.2) is 0 Å². The summed E-state index contributed by atoms with van der Waals surface area (Å²) in [7, 11) is 0. The summed E-state index contributed by atoms with van der Waals surface area (Å²) in [6.45, 7) is 3.12. The maximum atomic E-state index is 12.5. The van der Waals surface area contributed by atoms with Crippen LogP contribution >= 0.6 is 0 Å². The lowest BCUT2D eigenvalue weighted by Gasteiger charge is -2.48. The number of likely N-dealkylation sites (tertiary alicyclic amines) is 1. The summed E-state index contributed by atoms with van der Waals surface area (Å²) in [5.74, 6) is 1.30. The number of hydrogen-bond donors (Lipinski definition) is 1. The van der Waals surface area contributed by atoms with E-state index in [-0.39, 0.29) is 11.4 Å². The third-order valence-corrected chi connectivity index (χ3v) is 6.13. The summed E-state index contributed by atoms with van der Waals surface area (Å²) in [6, 6.07) is 1.83. The van der Waals surface area contributed by atoms with Crippen molar-refractivity contribution in [3.63, 3.8) is 0 Å². The Bertz CT molecular complexity index is 567. The van der Waals surface area contributed by atoms with E-state index in [9.17, 15) is 4.79 Å². The highest BCUT2D eigenvalue weighted by Crippen LogP contribution is 2.40. The van der Waals surface area contributed by atoms with E-state index in [0.717, 1.165) is 25.1 Å². The molecule has 1 aromatic heterocycles. The zero-order valence-corrected chi connectivity index (χ0v) is 14.6. The van der Waals surface area contributed by atoms with Crippen LogP contribution in [0.1, 0.15) is 86.4 Å². The van der Waals surface area contributed by atoms with Gasteiger partial charge in [0, 0.05) is 24.1 Å². The first-order valence-corrected chi connectivity index (χ1v) is 9.77. The van der Waals surface area contributed by atoms with Crippen LogP contribution in [0, 0.1) is 0 Å². The number of amides is 1. The molecular formula is C19H29N3O2. The number of nitrogens with zero attached hydrogens (tertiary/aromatic N) is 2. The molecular weight excluding hydrogens is 302 g/mol. The zero-order valence-electron chi connectivity index (χ0n) is 14.6. The highest BCUT2D eigenvalue weighted by atomic mass is 16.5. The molecule has 5 heteroatoms. The van der Waals surface area contributed by atoms with Crippen LogP contribution in [0.4, 0.5) is 0 Å². The molecule has 2 heterocycles. The number of nitrogens with one attached hydrogen (secondary N) is 1. The Kier molecular flexibility index (Phi) is 4.61. The molecule has 4 rings (SSSR count). The van der Waals surface area contributed by atoms with E-state index in [1.807, 2.05) is 6.07 Å². The summed E-state index contributed by atoms with van der Waals surface area (Å²) in [4.78, 5) is 15.2. The second kappa shape index (κ2) is 6.87. The van der Waals surface area contributed by atoms with Crippen molar-refractivity contribution in [3.8, 4) is 0 Å². The predicted octanol–water partition coefficient (Wildman–Crippen LogP) is 3.47. The van der Waals surface area contributed by atoms with Crippen LogP contribution in [0.3, 0.4) is 0 Å². The summed E-state index contributed by atoms with van der Waals surface area (Å²) in [5, 5.41) is 7.15. The topological polar surface area (TPSA) is 58.4 Å². The van der Waals surface area contributed by atoms with E-state index in [1.54, 1.807) is 0 Å². The molecule has 0 aromatic carbocycles. The van der Waals surface area contributed by atoms with Gasteiger partial charge in [0.05, 0.1) is 0 Å². The van der Waals surface area contributed by atoms with Gasteiger partial charge < -0.3 is 9.84 Å². The molecule has 1 saturated heterocycles. The quantitative estimate of drug-likeness (QED) is 0.897. The minimum Gasteiger partial charge on any atom is -0.360 e. The standard InChI is InChI=1S/C19H29N3O2/c23-18(16-13-17(24-21-16)15-7-8-15)20-14-19(9-3-1-4-10-19)22-11-5-2-6-12-22/h13,15H,1-12,14H2,(H,20,23). The van der Waals surface area contributed by atoms with E-state index in [0.29, 0.717) is 11.6 Å². The summed E-state index contributed by atoms with van der Waals surface area (Å²) >= 11 is 0.